The molecule has 3 N–H and O–H groups in total. The number of likely N-dealkylation sites (tertiary alicyclic amines) is 1. The predicted octanol–water partition coefficient (Wildman–Crippen LogP) is 4.25. The van der Waals surface area contributed by atoms with Crippen LogP contribution in [-0.4, -0.2) is 45.1 Å². The van der Waals surface area contributed by atoms with Crippen LogP contribution in [0.5, 0.6) is 0 Å². The molecule has 2 aromatic heterocycles. The first-order valence-electron chi connectivity index (χ1n) is 9.76. The Kier molecular flexibility index (Phi) is 10.1. The maximum Gasteiger partial charge on any atom is 0.267 e. The SMILES string of the molecule is Cl.Cl.O=C(/C=C/c1ccc(N[C@@H]2CCN(Cc3csc(-c4ccccc4)n3)C2)nc1)NO. The van der Waals surface area contributed by atoms with Gasteiger partial charge in [-0.05, 0) is 30.2 Å². The predicted molar refractivity (Wildman–Crippen MR) is 133 cm³/mol. The summed E-state index contributed by atoms with van der Waals surface area (Å²) >= 11 is 1.69. The summed E-state index contributed by atoms with van der Waals surface area (Å²) in [5.41, 5.74) is 4.62. The topological polar surface area (TPSA) is 90.4 Å². The molecule has 3 aromatic rings. The molecule has 32 heavy (non-hydrogen) atoms. The number of amides is 1. The van der Waals surface area contributed by atoms with Gasteiger partial charge in [-0.1, -0.05) is 30.3 Å². The van der Waals surface area contributed by atoms with Gasteiger partial charge >= 0.3 is 0 Å². The molecule has 10 heteroatoms. The summed E-state index contributed by atoms with van der Waals surface area (Å²) in [5.74, 6) is 0.241. The van der Waals surface area contributed by atoms with Crippen molar-refractivity contribution in [3.8, 4) is 10.6 Å². The number of halogens is 2. The molecule has 0 radical (unpaired) electrons. The van der Waals surface area contributed by atoms with Crippen LogP contribution in [0.4, 0.5) is 5.82 Å². The minimum Gasteiger partial charge on any atom is -0.366 e. The quantitative estimate of drug-likeness (QED) is 0.259. The molecule has 3 heterocycles. The van der Waals surface area contributed by atoms with Crippen LogP contribution in [0.3, 0.4) is 0 Å². The number of rotatable bonds is 7. The Morgan fingerprint density at radius 1 is 1.22 bits per heavy atom. The smallest absolute Gasteiger partial charge is 0.267 e. The summed E-state index contributed by atoms with van der Waals surface area (Å²) in [4.78, 5) is 22.6. The van der Waals surface area contributed by atoms with E-state index >= 15 is 0 Å². The number of nitrogens with one attached hydrogen (secondary N) is 2. The Morgan fingerprint density at radius 2 is 2.03 bits per heavy atom. The molecular weight excluding hydrogens is 469 g/mol. The minimum absolute atomic E-state index is 0. The molecule has 1 saturated heterocycles. The van der Waals surface area contributed by atoms with Crippen molar-refractivity contribution in [2.45, 2.75) is 19.0 Å². The van der Waals surface area contributed by atoms with E-state index in [2.05, 4.69) is 32.7 Å². The van der Waals surface area contributed by atoms with Gasteiger partial charge in [0.1, 0.15) is 10.8 Å². The number of carbonyl (C=O) groups excluding carboxylic acids is 1. The van der Waals surface area contributed by atoms with Gasteiger partial charge in [0.2, 0.25) is 0 Å². The van der Waals surface area contributed by atoms with E-state index in [0.29, 0.717) is 6.04 Å². The molecule has 0 bridgehead atoms. The molecular formula is C22H25Cl2N5O2S. The van der Waals surface area contributed by atoms with E-state index < -0.39 is 5.91 Å². The lowest BCUT2D eigenvalue weighted by molar-refractivity contribution is -0.124. The van der Waals surface area contributed by atoms with Gasteiger partial charge in [0, 0.05) is 48.9 Å². The van der Waals surface area contributed by atoms with Crippen molar-refractivity contribution in [2.24, 2.45) is 0 Å². The Balaban J connectivity index is 0.00000181. The number of benzene rings is 1. The zero-order valence-corrected chi connectivity index (χ0v) is 19.6. The summed E-state index contributed by atoms with van der Waals surface area (Å²) in [6.07, 6.45) is 5.59. The zero-order valence-electron chi connectivity index (χ0n) is 17.2. The lowest BCUT2D eigenvalue weighted by Gasteiger charge is -2.16. The molecule has 1 amide bonds. The van der Waals surface area contributed by atoms with Crippen molar-refractivity contribution >= 4 is 54.0 Å². The lowest BCUT2D eigenvalue weighted by atomic mass is 10.2. The molecule has 1 atom stereocenters. The standard InChI is InChI=1S/C22H23N5O2S.2ClH/c28-21(26-29)9-7-16-6-8-20(23-12-16)24-18-10-11-27(13-18)14-19-15-30-22(25-19)17-4-2-1-3-5-17;;/h1-9,12,15,18,29H,10-11,13-14H2,(H,23,24)(H,26,28);2*1H/b9-7+;;/t18-;;/m1../s1. The average molecular weight is 494 g/mol. The van der Waals surface area contributed by atoms with Gasteiger partial charge in [-0.2, -0.15) is 0 Å². The number of carbonyl (C=O) groups is 1. The monoisotopic (exact) mass is 493 g/mol. The van der Waals surface area contributed by atoms with Crippen LogP contribution >= 0.6 is 36.2 Å². The Hall–Kier alpha value is -2.49. The van der Waals surface area contributed by atoms with Crippen LogP contribution in [0.15, 0.2) is 60.1 Å². The van der Waals surface area contributed by atoms with Crippen LogP contribution in [0.1, 0.15) is 17.7 Å². The number of hydroxylamine groups is 1. The van der Waals surface area contributed by atoms with Crippen molar-refractivity contribution in [1.82, 2.24) is 20.3 Å². The molecule has 0 aliphatic carbocycles. The fraction of sp³-hybridized carbons (Fsp3) is 0.227. The number of aromatic nitrogens is 2. The summed E-state index contributed by atoms with van der Waals surface area (Å²) in [7, 11) is 0. The van der Waals surface area contributed by atoms with Gasteiger partial charge in [0.15, 0.2) is 0 Å². The van der Waals surface area contributed by atoms with Gasteiger partial charge in [0.25, 0.3) is 5.91 Å². The van der Waals surface area contributed by atoms with E-state index in [1.54, 1.807) is 29.1 Å². The van der Waals surface area contributed by atoms with Gasteiger partial charge in [-0.25, -0.2) is 15.4 Å². The molecule has 0 saturated carbocycles. The third-order valence-electron chi connectivity index (χ3n) is 4.91. The van der Waals surface area contributed by atoms with E-state index in [-0.39, 0.29) is 24.8 Å². The summed E-state index contributed by atoms with van der Waals surface area (Å²) in [6.45, 7) is 2.82. The largest absolute Gasteiger partial charge is 0.366 e. The highest BCUT2D eigenvalue weighted by molar-refractivity contribution is 7.13. The molecule has 7 nitrogen and oxygen atoms in total. The number of thiazole rings is 1. The fourth-order valence-electron chi connectivity index (χ4n) is 3.42. The maximum atomic E-state index is 11.0. The third kappa shape index (κ3) is 7.01. The summed E-state index contributed by atoms with van der Waals surface area (Å²) in [5, 5.41) is 15.2. The van der Waals surface area contributed by atoms with Crippen molar-refractivity contribution < 1.29 is 10.0 Å². The first kappa shape index (κ1) is 25.8. The van der Waals surface area contributed by atoms with Crippen LogP contribution in [0, 0.1) is 0 Å². The van der Waals surface area contributed by atoms with E-state index in [0.717, 1.165) is 53.7 Å². The highest BCUT2D eigenvalue weighted by Crippen LogP contribution is 2.25. The van der Waals surface area contributed by atoms with Crippen LogP contribution < -0.4 is 10.8 Å². The average Bonchev–Trinajstić information content (AvgIpc) is 3.43. The third-order valence-corrected chi connectivity index (χ3v) is 5.85. The first-order chi connectivity index (χ1) is 14.7. The van der Waals surface area contributed by atoms with Crippen LogP contribution in [-0.2, 0) is 11.3 Å². The number of pyridine rings is 1. The highest BCUT2D eigenvalue weighted by atomic mass is 35.5. The van der Waals surface area contributed by atoms with Gasteiger partial charge in [-0.3, -0.25) is 14.9 Å². The normalized spacial score (nSPS) is 15.7. The lowest BCUT2D eigenvalue weighted by Crippen LogP contribution is -2.26. The Bertz CT molecular complexity index is 1010. The van der Waals surface area contributed by atoms with Gasteiger partial charge < -0.3 is 5.32 Å². The second-order valence-corrected chi connectivity index (χ2v) is 8.02. The molecule has 170 valence electrons. The van der Waals surface area contributed by atoms with Crippen LogP contribution in [0.25, 0.3) is 16.6 Å². The molecule has 1 aliphatic rings. The molecule has 0 spiro atoms. The number of hydrogen-bond donors (Lipinski definition) is 3. The molecule has 1 aliphatic heterocycles. The summed E-state index contributed by atoms with van der Waals surface area (Å²) < 4.78 is 0. The first-order valence-corrected chi connectivity index (χ1v) is 10.6. The van der Waals surface area contributed by atoms with E-state index in [4.69, 9.17) is 10.2 Å². The summed E-state index contributed by atoms with van der Waals surface area (Å²) in [6, 6.07) is 14.4. The number of nitrogens with zero attached hydrogens (tertiary/aromatic N) is 3. The van der Waals surface area contributed by atoms with Crippen LogP contribution in [0.2, 0.25) is 0 Å². The molecule has 1 aromatic carbocycles. The van der Waals surface area contributed by atoms with E-state index in [1.165, 1.54) is 6.08 Å². The Labute approximate surface area is 203 Å². The van der Waals surface area contributed by atoms with Crippen molar-refractivity contribution in [3.63, 3.8) is 0 Å². The maximum absolute atomic E-state index is 11.0. The number of hydrogen-bond acceptors (Lipinski definition) is 7. The molecule has 4 rings (SSSR count). The Morgan fingerprint density at radius 3 is 2.75 bits per heavy atom. The van der Waals surface area contributed by atoms with Gasteiger partial charge in [-0.15, -0.1) is 36.2 Å². The van der Waals surface area contributed by atoms with Crippen molar-refractivity contribution in [2.75, 3.05) is 18.4 Å². The fourth-order valence-corrected chi connectivity index (χ4v) is 4.24. The molecule has 1 fully saturated rings. The van der Waals surface area contributed by atoms with E-state index in [9.17, 15) is 4.79 Å². The highest BCUT2D eigenvalue weighted by Gasteiger charge is 2.23. The van der Waals surface area contributed by atoms with Crippen molar-refractivity contribution in [3.05, 3.63) is 71.4 Å². The minimum atomic E-state index is -0.570. The van der Waals surface area contributed by atoms with E-state index in [1.807, 2.05) is 30.3 Å². The second-order valence-electron chi connectivity index (χ2n) is 7.16. The molecule has 0 unspecified atom stereocenters. The number of anilines is 1. The van der Waals surface area contributed by atoms with Crippen molar-refractivity contribution in [1.29, 1.82) is 0 Å². The zero-order chi connectivity index (χ0) is 20.8. The van der Waals surface area contributed by atoms with Gasteiger partial charge in [0.05, 0.1) is 5.69 Å². The second kappa shape index (κ2) is 12.5.